The number of imidazole rings is 1. The second-order valence-corrected chi connectivity index (χ2v) is 8.95. The van der Waals surface area contributed by atoms with Crippen LogP contribution in [0.4, 0.5) is 13.2 Å². The first-order valence-corrected chi connectivity index (χ1v) is 11.9. The van der Waals surface area contributed by atoms with E-state index >= 15 is 0 Å². The van der Waals surface area contributed by atoms with E-state index < -0.39 is 6.36 Å². The highest BCUT2D eigenvalue weighted by Gasteiger charge is 2.31. The molecule has 0 radical (unpaired) electrons. The van der Waals surface area contributed by atoms with Crippen LogP contribution < -0.4 is 10.1 Å². The Morgan fingerprint density at radius 2 is 1.58 bits per heavy atom. The van der Waals surface area contributed by atoms with Crippen LogP contribution in [-0.2, 0) is 0 Å². The Bertz CT molecular complexity index is 1540. The third-order valence-electron chi connectivity index (χ3n) is 6.66. The number of nitrogens with one attached hydrogen (secondary N) is 1. The average molecular weight is 489 g/mol. The Balaban J connectivity index is 1.51. The predicted octanol–water partition coefficient (Wildman–Crippen LogP) is 6.74. The standard InChI is InChI=1S/C28H23F3N4O/c29-28(30,31)36-23-9-7-19(8-10-23)26-34-25-24(21-6-5-18-3-1-2-4-20(18)17-21)13-16-33-27(25)35(26)22-11-14-32-15-12-22/h1-10,13,16-17,22,32H,11-12,14-15H2. The van der Waals surface area contributed by atoms with Crippen LogP contribution in [0.5, 0.6) is 5.75 Å². The van der Waals surface area contributed by atoms with E-state index in [0.717, 1.165) is 59.0 Å². The van der Waals surface area contributed by atoms with Gasteiger partial charge in [0.1, 0.15) is 17.1 Å². The number of fused-ring (bicyclic) bond motifs is 2. The molecule has 8 heteroatoms. The lowest BCUT2D eigenvalue weighted by Gasteiger charge is -2.26. The van der Waals surface area contributed by atoms with Crippen LogP contribution in [-0.4, -0.2) is 34.0 Å². The maximum absolute atomic E-state index is 12.7. The van der Waals surface area contributed by atoms with Crippen molar-refractivity contribution in [3.63, 3.8) is 0 Å². The second-order valence-electron chi connectivity index (χ2n) is 8.95. The Morgan fingerprint density at radius 1 is 0.861 bits per heavy atom. The van der Waals surface area contributed by atoms with Gasteiger partial charge in [-0.1, -0.05) is 36.4 Å². The zero-order valence-electron chi connectivity index (χ0n) is 19.3. The molecule has 0 saturated carbocycles. The van der Waals surface area contributed by atoms with Gasteiger partial charge >= 0.3 is 6.36 Å². The van der Waals surface area contributed by atoms with Gasteiger partial charge in [0, 0.05) is 23.4 Å². The molecule has 5 aromatic rings. The van der Waals surface area contributed by atoms with E-state index in [4.69, 9.17) is 9.97 Å². The molecular formula is C28H23F3N4O. The van der Waals surface area contributed by atoms with Crippen molar-refractivity contribution < 1.29 is 17.9 Å². The van der Waals surface area contributed by atoms with E-state index in [0.29, 0.717) is 11.4 Å². The lowest BCUT2D eigenvalue weighted by Crippen LogP contribution is -2.29. The third kappa shape index (κ3) is 4.28. The van der Waals surface area contributed by atoms with E-state index in [-0.39, 0.29) is 11.8 Å². The molecule has 0 unspecified atom stereocenters. The van der Waals surface area contributed by atoms with Gasteiger partial charge in [0.05, 0.1) is 0 Å². The number of pyridine rings is 1. The van der Waals surface area contributed by atoms with E-state index in [9.17, 15) is 13.2 Å². The molecule has 182 valence electrons. The highest BCUT2D eigenvalue weighted by molar-refractivity contribution is 5.95. The summed E-state index contributed by atoms with van der Waals surface area (Å²) in [6.45, 7) is 1.76. The number of benzene rings is 3. The average Bonchev–Trinajstić information content (AvgIpc) is 3.28. The molecule has 3 heterocycles. The molecule has 1 aliphatic rings. The summed E-state index contributed by atoms with van der Waals surface area (Å²) in [7, 11) is 0. The van der Waals surface area contributed by atoms with Gasteiger partial charge < -0.3 is 14.6 Å². The van der Waals surface area contributed by atoms with Crippen molar-refractivity contribution in [2.45, 2.75) is 25.2 Å². The lowest BCUT2D eigenvalue weighted by molar-refractivity contribution is -0.274. The number of alkyl halides is 3. The summed E-state index contributed by atoms with van der Waals surface area (Å²) < 4.78 is 44.2. The van der Waals surface area contributed by atoms with Crippen molar-refractivity contribution >= 4 is 21.9 Å². The molecule has 1 fully saturated rings. The summed E-state index contributed by atoms with van der Waals surface area (Å²) in [4.78, 5) is 9.76. The van der Waals surface area contributed by atoms with E-state index in [1.54, 1.807) is 18.3 Å². The molecule has 1 saturated heterocycles. The van der Waals surface area contributed by atoms with Crippen LogP contribution in [0.25, 0.3) is 44.5 Å². The minimum Gasteiger partial charge on any atom is -0.406 e. The van der Waals surface area contributed by atoms with Crippen LogP contribution in [0.2, 0.25) is 0 Å². The number of halogens is 3. The summed E-state index contributed by atoms with van der Waals surface area (Å²) in [6, 6.07) is 22.6. The summed E-state index contributed by atoms with van der Waals surface area (Å²) in [6.07, 6.45) is -1.11. The van der Waals surface area contributed by atoms with Crippen molar-refractivity contribution in [1.29, 1.82) is 0 Å². The molecular weight excluding hydrogens is 465 g/mol. The number of rotatable bonds is 4. The minimum atomic E-state index is -4.73. The maximum Gasteiger partial charge on any atom is 0.573 e. The van der Waals surface area contributed by atoms with Crippen molar-refractivity contribution in [2.24, 2.45) is 0 Å². The first kappa shape index (κ1) is 22.5. The number of aromatic nitrogens is 3. The summed E-state index contributed by atoms with van der Waals surface area (Å²) in [5.74, 6) is 0.432. The van der Waals surface area contributed by atoms with Gasteiger partial charge in [-0.05, 0) is 78.7 Å². The zero-order chi connectivity index (χ0) is 24.7. The molecule has 2 aromatic heterocycles. The highest BCUT2D eigenvalue weighted by Crippen LogP contribution is 2.37. The van der Waals surface area contributed by atoms with Gasteiger partial charge in [-0.2, -0.15) is 0 Å². The Morgan fingerprint density at radius 3 is 2.33 bits per heavy atom. The molecule has 0 atom stereocenters. The van der Waals surface area contributed by atoms with Crippen molar-refractivity contribution in [3.8, 4) is 28.3 Å². The van der Waals surface area contributed by atoms with Crippen LogP contribution >= 0.6 is 0 Å². The van der Waals surface area contributed by atoms with E-state index in [1.165, 1.54) is 12.1 Å². The van der Waals surface area contributed by atoms with Crippen LogP contribution in [0.15, 0.2) is 79.0 Å². The molecule has 1 aliphatic heterocycles. The molecule has 0 aliphatic carbocycles. The molecule has 36 heavy (non-hydrogen) atoms. The largest absolute Gasteiger partial charge is 0.573 e. The molecule has 6 rings (SSSR count). The van der Waals surface area contributed by atoms with Gasteiger partial charge in [-0.15, -0.1) is 13.2 Å². The molecule has 0 bridgehead atoms. The van der Waals surface area contributed by atoms with Crippen LogP contribution in [0.3, 0.4) is 0 Å². The fourth-order valence-electron chi connectivity index (χ4n) is 5.00. The van der Waals surface area contributed by atoms with E-state index in [1.807, 2.05) is 18.2 Å². The molecule has 3 aromatic carbocycles. The predicted molar refractivity (Wildman–Crippen MR) is 134 cm³/mol. The smallest absolute Gasteiger partial charge is 0.406 e. The summed E-state index contributed by atoms with van der Waals surface area (Å²) in [5.41, 5.74) is 4.27. The Hall–Kier alpha value is -3.91. The molecule has 1 N–H and O–H groups in total. The van der Waals surface area contributed by atoms with Gasteiger partial charge in [-0.25, -0.2) is 9.97 Å². The molecule has 0 spiro atoms. The zero-order valence-corrected chi connectivity index (χ0v) is 19.3. The molecule has 0 amide bonds. The summed E-state index contributed by atoms with van der Waals surface area (Å²) >= 11 is 0. The number of hydrogen-bond acceptors (Lipinski definition) is 4. The minimum absolute atomic E-state index is 0.178. The van der Waals surface area contributed by atoms with Crippen LogP contribution in [0.1, 0.15) is 18.9 Å². The van der Waals surface area contributed by atoms with Crippen molar-refractivity contribution in [1.82, 2.24) is 19.9 Å². The Kier molecular flexibility index (Phi) is 5.60. The lowest BCUT2D eigenvalue weighted by atomic mass is 10.0. The van der Waals surface area contributed by atoms with Gasteiger partial charge in [-0.3, -0.25) is 0 Å². The van der Waals surface area contributed by atoms with Gasteiger partial charge in [0.2, 0.25) is 0 Å². The first-order chi connectivity index (χ1) is 17.5. The summed E-state index contributed by atoms with van der Waals surface area (Å²) in [5, 5.41) is 5.69. The van der Waals surface area contributed by atoms with Crippen molar-refractivity contribution in [2.75, 3.05) is 13.1 Å². The third-order valence-corrected chi connectivity index (χ3v) is 6.66. The highest BCUT2D eigenvalue weighted by atomic mass is 19.4. The topological polar surface area (TPSA) is 52.0 Å². The number of ether oxygens (including phenoxy) is 1. The van der Waals surface area contributed by atoms with E-state index in [2.05, 4.69) is 45.0 Å². The van der Waals surface area contributed by atoms with Gasteiger partial charge in [0.15, 0.2) is 5.65 Å². The maximum atomic E-state index is 12.7. The fraction of sp³-hybridized carbons (Fsp3) is 0.214. The molecule has 5 nitrogen and oxygen atoms in total. The van der Waals surface area contributed by atoms with Crippen molar-refractivity contribution in [3.05, 3.63) is 79.0 Å². The fourth-order valence-corrected chi connectivity index (χ4v) is 5.00. The number of nitrogens with zero attached hydrogens (tertiary/aromatic N) is 3. The van der Waals surface area contributed by atoms with Gasteiger partial charge in [0.25, 0.3) is 0 Å². The first-order valence-electron chi connectivity index (χ1n) is 11.9. The number of piperidine rings is 1. The SMILES string of the molecule is FC(F)(F)Oc1ccc(-c2nc3c(-c4ccc5ccccc5c4)ccnc3n2C2CCNCC2)cc1. The normalized spacial score (nSPS) is 15.0. The quantitative estimate of drug-likeness (QED) is 0.304. The second kappa shape index (κ2) is 8.95. The monoisotopic (exact) mass is 488 g/mol. The van der Waals surface area contributed by atoms with Crippen LogP contribution in [0, 0.1) is 0 Å². The Labute approximate surface area is 205 Å². The number of hydrogen-bond donors (Lipinski definition) is 1.